The zero-order valence-corrected chi connectivity index (χ0v) is 26.7. The fraction of sp³-hybridized carbons (Fsp3) is 0. The Bertz CT molecular complexity index is 2970. The molecule has 2 aromatic heterocycles. The van der Waals surface area contributed by atoms with Gasteiger partial charge in [-0.3, -0.25) is 0 Å². The van der Waals surface area contributed by atoms with Crippen molar-refractivity contribution in [3.63, 3.8) is 0 Å². The van der Waals surface area contributed by atoms with Crippen LogP contribution in [0.2, 0.25) is 0 Å². The SMILES string of the molecule is N#Cc1ccc2c(c1)c1ccccc1n2-c1ccccc1-c1ccccc1-c1cccc2c1c1cc(C#N)ccc1n2-c1ccccc1C#N. The van der Waals surface area contributed by atoms with Gasteiger partial charge in [-0.1, -0.05) is 84.9 Å². The van der Waals surface area contributed by atoms with Gasteiger partial charge in [0.15, 0.2) is 0 Å². The molecule has 0 radical (unpaired) electrons. The minimum atomic E-state index is 0.573. The van der Waals surface area contributed by atoms with Gasteiger partial charge in [0.25, 0.3) is 0 Å². The van der Waals surface area contributed by atoms with Gasteiger partial charge in [-0.2, -0.15) is 15.8 Å². The van der Waals surface area contributed by atoms with Crippen molar-refractivity contribution < 1.29 is 0 Å². The summed E-state index contributed by atoms with van der Waals surface area (Å²) in [5.74, 6) is 0. The van der Waals surface area contributed by atoms with E-state index >= 15 is 0 Å². The summed E-state index contributed by atoms with van der Waals surface area (Å²) in [4.78, 5) is 0. The lowest BCUT2D eigenvalue weighted by Crippen LogP contribution is -1.98. The molecule has 0 aliphatic heterocycles. The predicted octanol–water partition coefficient (Wildman–Crippen LogP) is 10.8. The van der Waals surface area contributed by atoms with Crippen LogP contribution in [0.5, 0.6) is 0 Å². The average Bonchev–Trinajstić information content (AvgIpc) is 3.69. The molecule has 0 fully saturated rings. The van der Waals surface area contributed by atoms with E-state index in [1.54, 1.807) is 0 Å². The molecule has 9 aromatic rings. The molecule has 5 nitrogen and oxygen atoms in total. The number of hydrogen-bond acceptors (Lipinski definition) is 3. The first-order valence-electron chi connectivity index (χ1n) is 16.3. The molecule has 0 saturated carbocycles. The Morgan fingerprint density at radius 3 is 1.62 bits per heavy atom. The van der Waals surface area contributed by atoms with Crippen LogP contribution in [0.1, 0.15) is 16.7 Å². The molecule has 9 rings (SSSR count). The van der Waals surface area contributed by atoms with E-state index in [0.717, 1.165) is 77.2 Å². The van der Waals surface area contributed by atoms with Crippen LogP contribution in [0.4, 0.5) is 0 Å². The molecule has 0 unspecified atom stereocenters. The summed E-state index contributed by atoms with van der Waals surface area (Å²) in [5, 5.41) is 33.8. The number of fused-ring (bicyclic) bond motifs is 6. The maximum atomic E-state index is 10.1. The van der Waals surface area contributed by atoms with Crippen LogP contribution < -0.4 is 0 Å². The molecule has 2 heterocycles. The highest BCUT2D eigenvalue weighted by Gasteiger charge is 2.22. The minimum Gasteiger partial charge on any atom is -0.309 e. The fourth-order valence-electron chi connectivity index (χ4n) is 7.54. The van der Waals surface area contributed by atoms with Crippen molar-refractivity contribution in [2.24, 2.45) is 0 Å². The molecular formula is C45H25N5. The van der Waals surface area contributed by atoms with Crippen molar-refractivity contribution in [1.29, 1.82) is 15.8 Å². The monoisotopic (exact) mass is 635 g/mol. The molecule has 0 amide bonds. The topological polar surface area (TPSA) is 81.2 Å². The maximum Gasteiger partial charge on any atom is 0.101 e. The Morgan fingerprint density at radius 1 is 0.360 bits per heavy atom. The molecule has 5 heteroatoms. The highest BCUT2D eigenvalue weighted by atomic mass is 15.0. The number of aromatic nitrogens is 2. The van der Waals surface area contributed by atoms with Crippen LogP contribution in [0, 0.1) is 34.0 Å². The van der Waals surface area contributed by atoms with Gasteiger partial charge in [-0.15, -0.1) is 0 Å². The summed E-state index contributed by atoms with van der Waals surface area (Å²) in [6, 6.07) is 57.8. The lowest BCUT2D eigenvalue weighted by atomic mass is 9.91. The molecule has 0 N–H and O–H groups in total. The van der Waals surface area contributed by atoms with E-state index < -0.39 is 0 Å². The summed E-state index contributed by atoms with van der Waals surface area (Å²) in [7, 11) is 0. The molecule has 0 saturated heterocycles. The Balaban J connectivity index is 1.35. The third-order valence-corrected chi connectivity index (χ3v) is 9.64. The normalized spacial score (nSPS) is 11.1. The van der Waals surface area contributed by atoms with Crippen molar-refractivity contribution in [2.75, 3.05) is 0 Å². The fourth-order valence-corrected chi connectivity index (χ4v) is 7.54. The zero-order chi connectivity index (χ0) is 33.8. The summed E-state index contributed by atoms with van der Waals surface area (Å²) < 4.78 is 4.43. The summed E-state index contributed by atoms with van der Waals surface area (Å²) in [6.45, 7) is 0. The third-order valence-electron chi connectivity index (χ3n) is 9.64. The minimum absolute atomic E-state index is 0.573. The predicted molar refractivity (Wildman–Crippen MR) is 200 cm³/mol. The van der Waals surface area contributed by atoms with E-state index in [9.17, 15) is 15.8 Å². The lowest BCUT2D eigenvalue weighted by Gasteiger charge is -2.17. The van der Waals surface area contributed by atoms with Crippen LogP contribution >= 0.6 is 0 Å². The highest BCUT2D eigenvalue weighted by molar-refractivity contribution is 6.17. The Hall–Kier alpha value is -7.39. The molecule has 7 aromatic carbocycles. The Morgan fingerprint density at radius 2 is 0.880 bits per heavy atom. The first-order valence-corrected chi connectivity index (χ1v) is 16.3. The first kappa shape index (κ1) is 28.8. The van der Waals surface area contributed by atoms with Crippen LogP contribution in [0.25, 0.3) is 77.2 Å². The number of benzene rings is 7. The number of hydrogen-bond donors (Lipinski definition) is 0. The van der Waals surface area contributed by atoms with E-state index in [-0.39, 0.29) is 0 Å². The maximum absolute atomic E-state index is 10.1. The van der Waals surface area contributed by atoms with Crippen LogP contribution in [0.15, 0.2) is 152 Å². The van der Waals surface area contributed by atoms with Crippen LogP contribution in [0.3, 0.4) is 0 Å². The quantitative estimate of drug-likeness (QED) is 0.193. The van der Waals surface area contributed by atoms with E-state index in [4.69, 9.17) is 0 Å². The molecular weight excluding hydrogens is 611 g/mol. The van der Waals surface area contributed by atoms with Crippen LogP contribution in [-0.2, 0) is 0 Å². The van der Waals surface area contributed by atoms with Gasteiger partial charge in [0.05, 0.1) is 62.3 Å². The largest absolute Gasteiger partial charge is 0.309 e. The Kier molecular flexibility index (Phi) is 6.56. The number of nitriles is 3. The number of rotatable bonds is 4. The van der Waals surface area contributed by atoms with E-state index in [1.165, 1.54) is 0 Å². The van der Waals surface area contributed by atoms with E-state index in [0.29, 0.717) is 16.7 Å². The Labute approximate surface area is 287 Å². The van der Waals surface area contributed by atoms with Crippen molar-refractivity contribution >= 4 is 43.6 Å². The van der Waals surface area contributed by atoms with Gasteiger partial charge in [-0.05, 0) is 83.4 Å². The third kappa shape index (κ3) is 4.24. The second-order valence-electron chi connectivity index (χ2n) is 12.3. The molecule has 0 atom stereocenters. The summed E-state index contributed by atoms with van der Waals surface area (Å²) in [5.41, 5.74) is 11.8. The standard InChI is InChI=1S/C45H25N5/c46-26-29-20-22-42-37(24-29)35-14-5-8-18-41(35)50(42)40-17-7-4-13-34(40)32-11-2-3-12-33(32)36-15-9-19-44-45(36)38-25-30(27-47)21-23-43(38)49(44)39-16-6-1-10-31(39)28-48/h1-25H. The number of para-hydroxylation sites is 3. The van der Waals surface area contributed by atoms with Crippen molar-refractivity contribution in [2.45, 2.75) is 0 Å². The molecule has 50 heavy (non-hydrogen) atoms. The van der Waals surface area contributed by atoms with Gasteiger partial charge in [0, 0.05) is 27.1 Å². The van der Waals surface area contributed by atoms with Gasteiger partial charge >= 0.3 is 0 Å². The summed E-state index contributed by atoms with van der Waals surface area (Å²) >= 11 is 0. The van der Waals surface area contributed by atoms with Gasteiger partial charge in [0.2, 0.25) is 0 Å². The molecule has 0 aliphatic carbocycles. The highest BCUT2D eigenvalue weighted by Crippen LogP contribution is 2.44. The van der Waals surface area contributed by atoms with Crippen molar-refractivity contribution in [3.05, 3.63) is 168 Å². The van der Waals surface area contributed by atoms with Crippen LogP contribution in [-0.4, -0.2) is 9.13 Å². The molecule has 0 bridgehead atoms. The molecule has 0 aliphatic rings. The second-order valence-corrected chi connectivity index (χ2v) is 12.3. The lowest BCUT2D eigenvalue weighted by molar-refractivity contribution is 1.17. The van der Waals surface area contributed by atoms with Gasteiger partial charge in [-0.25, -0.2) is 0 Å². The molecule has 0 spiro atoms. The van der Waals surface area contributed by atoms with E-state index in [1.807, 2.05) is 66.7 Å². The van der Waals surface area contributed by atoms with Crippen molar-refractivity contribution in [3.8, 4) is 51.8 Å². The zero-order valence-electron chi connectivity index (χ0n) is 26.7. The van der Waals surface area contributed by atoms with Gasteiger partial charge in [0.1, 0.15) is 6.07 Å². The molecule has 230 valence electrons. The average molecular weight is 636 g/mol. The summed E-state index contributed by atoms with van der Waals surface area (Å²) in [6.07, 6.45) is 0. The van der Waals surface area contributed by atoms with E-state index in [2.05, 4.69) is 112 Å². The van der Waals surface area contributed by atoms with Gasteiger partial charge < -0.3 is 9.13 Å². The van der Waals surface area contributed by atoms with Crippen molar-refractivity contribution in [1.82, 2.24) is 9.13 Å². The second kappa shape index (κ2) is 11.4. The smallest absolute Gasteiger partial charge is 0.101 e. The number of nitrogens with zero attached hydrogens (tertiary/aromatic N) is 5. The first-order chi connectivity index (χ1) is 24.7.